The Labute approximate surface area is 116 Å². The average molecular weight is 315 g/mol. The standard InChI is InChI=1S/C14H20BrFN2/c15-12-5-11(6-13(16)9-12)8-14(18-17)7-10-3-1-2-4-10/h5-6,9-10,14,18H,1-4,7-8,17H2. The van der Waals surface area contributed by atoms with Crippen LogP contribution in [0.2, 0.25) is 0 Å². The zero-order valence-corrected chi connectivity index (χ0v) is 12.0. The summed E-state index contributed by atoms with van der Waals surface area (Å²) < 4.78 is 14.1. The van der Waals surface area contributed by atoms with Gasteiger partial charge in [0, 0.05) is 10.5 Å². The topological polar surface area (TPSA) is 38.0 Å². The van der Waals surface area contributed by atoms with E-state index in [0.717, 1.165) is 28.8 Å². The van der Waals surface area contributed by atoms with Gasteiger partial charge >= 0.3 is 0 Å². The van der Waals surface area contributed by atoms with Crippen molar-refractivity contribution >= 4 is 15.9 Å². The number of hydrogen-bond donors (Lipinski definition) is 2. The lowest BCUT2D eigenvalue weighted by atomic mass is 9.94. The van der Waals surface area contributed by atoms with Crippen molar-refractivity contribution in [2.24, 2.45) is 11.8 Å². The van der Waals surface area contributed by atoms with Crippen LogP contribution in [0.1, 0.15) is 37.7 Å². The first-order valence-electron chi connectivity index (χ1n) is 6.58. The molecular formula is C14H20BrFN2. The second-order valence-corrected chi connectivity index (χ2v) is 6.15. The second kappa shape index (κ2) is 6.64. The van der Waals surface area contributed by atoms with Crippen LogP contribution >= 0.6 is 15.9 Å². The second-order valence-electron chi connectivity index (χ2n) is 5.23. The van der Waals surface area contributed by atoms with Crippen molar-refractivity contribution in [3.05, 3.63) is 34.1 Å². The van der Waals surface area contributed by atoms with Gasteiger partial charge in [-0.15, -0.1) is 0 Å². The Morgan fingerprint density at radius 2 is 2.06 bits per heavy atom. The summed E-state index contributed by atoms with van der Waals surface area (Å²) in [6.45, 7) is 0. The Morgan fingerprint density at radius 1 is 1.33 bits per heavy atom. The van der Waals surface area contributed by atoms with Crippen molar-refractivity contribution in [2.45, 2.75) is 44.6 Å². The minimum atomic E-state index is -0.198. The molecule has 0 radical (unpaired) electrons. The fourth-order valence-electron chi connectivity index (χ4n) is 2.87. The van der Waals surface area contributed by atoms with E-state index in [1.165, 1.54) is 31.7 Å². The summed E-state index contributed by atoms with van der Waals surface area (Å²) in [6.07, 6.45) is 7.17. The zero-order valence-electron chi connectivity index (χ0n) is 10.5. The van der Waals surface area contributed by atoms with Crippen LogP contribution in [0.4, 0.5) is 4.39 Å². The van der Waals surface area contributed by atoms with Gasteiger partial charge in [0.2, 0.25) is 0 Å². The molecule has 1 aromatic carbocycles. The highest BCUT2D eigenvalue weighted by molar-refractivity contribution is 9.10. The number of rotatable bonds is 5. The SMILES string of the molecule is NNC(Cc1cc(F)cc(Br)c1)CC1CCCC1. The number of benzene rings is 1. The van der Waals surface area contributed by atoms with Crippen LogP contribution in [0, 0.1) is 11.7 Å². The third kappa shape index (κ3) is 4.04. The number of halogens is 2. The molecule has 18 heavy (non-hydrogen) atoms. The molecule has 1 saturated carbocycles. The molecule has 0 aliphatic heterocycles. The van der Waals surface area contributed by atoms with E-state index in [1.54, 1.807) is 6.07 Å². The highest BCUT2D eigenvalue weighted by atomic mass is 79.9. The molecule has 1 unspecified atom stereocenters. The van der Waals surface area contributed by atoms with Crippen molar-refractivity contribution in [1.82, 2.24) is 5.43 Å². The minimum Gasteiger partial charge on any atom is -0.271 e. The number of nitrogens with one attached hydrogen (secondary N) is 1. The van der Waals surface area contributed by atoms with Gasteiger partial charge < -0.3 is 0 Å². The first-order valence-corrected chi connectivity index (χ1v) is 7.38. The molecule has 0 amide bonds. The van der Waals surface area contributed by atoms with Crippen LogP contribution in [-0.2, 0) is 6.42 Å². The van der Waals surface area contributed by atoms with Crippen LogP contribution in [0.5, 0.6) is 0 Å². The van der Waals surface area contributed by atoms with Crippen molar-refractivity contribution in [3.63, 3.8) is 0 Å². The van der Waals surface area contributed by atoms with Gasteiger partial charge in [0.1, 0.15) is 5.82 Å². The third-order valence-corrected chi connectivity index (χ3v) is 4.19. The lowest BCUT2D eigenvalue weighted by Gasteiger charge is -2.20. The summed E-state index contributed by atoms with van der Waals surface area (Å²) in [7, 11) is 0. The Hall–Kier alpha value is -0.450. The fraction of sp³-hybridized carbons (Fsp3) is 0.571. The van der Waals surface area contributed by atoms with E-state index in [9.17, 15) is 4.39 Å². The van der Waals surface area contributed by atoms with Gasteiger partial charge in [-0.1, -0.05) is 41.6 Å². The third-order valence-electron chi connectivity index (χ3n) is 3.73. The van der Waals surface area contributed by atoms with Crippen LogP contribution in [0.3, 0.4) is 0 Å². The molecule has 1 aliphatic carbocycles. The van der Waals surface area contributed by atoms with Gasteiger partial charge in [-0.2, -0.15) is 0 Å². The monoisotopic (exact) mass is 314 g/mol. The number of hydrogen-bond acceptors (Lipinski definition) is 2. The highest BCUT2D eigenvalue weighted by Gasteiger charge is 2.19. The van der Waals surface area contributed by atoms with Crippen LogP contribution in [0.25, 0.3) is 0 Å². The Kier molecular flexibility index (Phi) is 5.15. The molecule has 0 spiro atoms. The highest BCUT2D eigenvalue weighted by Crippen LogP contribution is 2.29. The molecule has 2 rings (SSSR count). The molecule has 0 bridgehead atoms. The average Bonchev–Trinajstić information content (AvgIpc) is 2.79. The molecule has 1 fully saturated rings. The fourth-order valence-corrected chi connectivity index (χ4v) is 3.38. The van der Waals surface area contributed by atoms with Crippen molar-refractivity contribution in [3.8, 4) is 0 Å². The zero-order chi connectivity index (χ0) is 13.0. The quantitative estimate of drug-likeness (QED) is 0.644. The largest absolute Gasteiger partial charge is 0.271 e. The summed E-state index contributed by atoms with van der Waals surface area (Å²) >= 11 is 3.32. The molecule has 100 valence electrons. The lowest BCUT2D eigenvalue weighted by Crippen LogP contribution is -2.38. The van der Waals surface area contributed by atoms with E-state index in [4.69, 9.17) is 5.84 Å². The van der Waals surface area contributed by atoms with Gasteiger partial charge in [0.25, 0.3) is 0 Å². The van der Waals surface area contributed by atoms with Gasteiger partial charge in [0.05, 0.1) is 0 Å². The minimum absolute atomic E-state index is 0.198. The maximum Gasteiger partial charge on any atom is 0.124 e. The normalized spacial score (nSPS) is 18.2. The van der Waals surface area contributed by atoms with E-state index in [0.29, 0.717) is 0 Å². The van der Waals surface area contributed by atoms with Gasteiger partial charge in [-0.3, -0.25) is 11.3 Å². The molecular weight excluding hydrogens is 295 g/mol. The van der Waals surface area contributed by atoms with Crippen molar-refractivity contribution < 1.29 is 4.39 Å². The Balaban J connectivity index is 1.95. The van der Waals surface area contributed by atoms with E-state index in [2.05, 4.69) is 21.4 Å². The summed E-state index contributed by atoms with van der Waals surface area (Å²) in [4.78, 5) is 0. The molecule has 0 aromatic heterocycles. The van der Waals surface area contributed by atoms with Crippen molar-refractivity contribution in [2.75, 3.05) is 0 Å². The van der Waals surface area contributed by atoms with E-state index < -0.39 is 0 Å². The Bertz CT molecular complexity index is 371. The number of hydrazine groups is 1. The molecule has 2 nitrogen and oxygen atoms in total. The first-order chi connectivity index (χ1) is 8.67. The summed E-state index contributed by atoms with van der Waals surface area (Å²) in [5, 5.41) is 0. The van der Waals surface area contributed by atoms with Gasteiger partial charge in [-0.25, -0.2) is 4.39 Å². The maximum absolute atomic E-state index is 13.3. The predicted octanol–water partition coefficient (Wildman–Crippen LogP) is 3.54. The molecule has 1 atom stereocenters. The molecule has 1 aliphatic rings. The smallest absolute Gasteiger partial charge is 0.124 e. The van der Waals surface area contributed by atoms with Gasteiger partial charge in [0.15, 0.2) is 0 Å². The van der Waals surface area contributed by atoms with Crippen LogP contribution in [0.15, 0.2) is 22.7 Å². The van der Waals surface area contributed by atoms with Gasteiger partial charge in [-0.05, 0) is 42.5 Å². The summed E-state index contributed by atoms with van der Waals surface area (Å²) in [5.74, 6) is 6.20. The van der Waals surface area contributed by atoms with E-state index >= 15 is 0 Å². The predicted molar refractivity (Wildman–Crippen MR) is 75.5 cm³/mol. The molecule has 4 heteroatoms. The molecule has 1 aromatic rings. The summed E-state index contributed by atoms with van der Waals surface area (Å²) in [5.41, 5.74) is 3.87. The molecule has 0 heterocycles. The van der Waals surface area contributed by atoms with Crippen molar-refractivity contribution in [1.29, 1.82) is 0 Å². The Morgan fingerprint density at radius 3 is 2.67 bits per heavy atom. The van der Waals surface area contributed by atoms with Crippen LogP contribution in [-0.4, -0.2) is 6.04 Å². The molecule has 0 saturated heterocycles. The molecule has 3 N–H and O–H groups in total. The van der Waals surface area contributed by atoms with E-state index in [-0.39, 0.29) is 11.9 Å². The lowest BCUT2D eigenvalue weighted by molar-refractivity contribution is 0.389. The summed E-state index contributed by atoms with van der Waals surface area (Å²) in [6, 6.07) is 5.26. The first kappa shape index (κ1) is 14.0. The van der Waals surface area contributed by atoms with Crippen LogP contribution < -0.4 is 11.3 Å². The number of nitrogens with two attached hydrogens (primary N) is 1. The maximum atomic E-state index is 13.3. The van der Waals surface area contributed by atoms with E-state index in [1.807, 2.05) is 6.07 Å².